The highest BCUT2D eigenvalue weighted by Gasteiger charge is 2.13. The fourth-order valence-corrected chi connectivity index (χ4v) is 1.33. The van der Waals surface area contributed by atoms with E-state index < -0.39 is 4.92 Å². The topological polar surface area (TPSA) is 99.9 Å². The van der Waals surface area contributed by atoms with Crippen molar-refractivity contribution in [2.24, 2.45) is 7.05 Å². The SMILES string of the molecule is Cn1ccc(-c2cc([N+](=O)[O-])cnc2N)n1. The van der Waals surface area contributed by atoms with Gasteiger partial charge < -0.3 is 5.73 Å². The Labute approximate surface area is 90.7 Å². The first-order valence-corrected chi connectivity index (χ1v) is 4.48. The van der Waals surface area contributed by atoms with Gasteiger partial charge in [0, 0.05) is 19.3 Å². The van der Waals surface area contributed by atoms with E-state index >= 15 is 0 Å². The highest BCUT2D eigenvalue weighted by molar-refractivity contribution is 5.72. The van der Waals surface area contributed by atoms with Gasteiger partial charge in [0.15, 0.2) is 0 Å². The van der Waals surface area contributed by atoms with Gasteiger partial charge in [0.25, 0.3) is 5.69 Å². The van der Waals surface area contributed by atoms with Crippen LogP contribution in [0, 0.1) is 10.1 Å². The van der Waals surface area contributed by atoms with E-state index in [4.69, 9.17) is 5.73 Å². The molecule has 2 N–H and O–H groups in total. The van der Waals surface area contributed by atoms with Crippen LogP contribution in [-0.2, 0) is 7.05 Å². The minimum Gasteiger partial charge on any atom is -0.383 e. The largest absolute Gasteiger partial charge is 0.383 e. The summed E-state index contributed by atoms with van der Waals surface area (Å²) in [6.07, 6.45) is 2.86. The first kappa shape index (κ1) is 10.1. The molecule has 0 atom stereocenters. The number of nitrogens with zero attached hydrogens (tertiary/aromatic N) is 4. The van der Waals surface area contributed by atoms with Crippen LogP contribution in [0.3, 0.4) is 0 Å². The van der Waals surface area contributed by atoms with Crippen LogP contribution in [0.25, 0.3) is 11.3 Å². The molecule has 0 amide bonds. The summed E-state index contributed by atoms with van der Waals surface area (Å²) in [5.74, 6) is 0.226. The Hall–Kier alpha value is -2.44. The van der Waals surface area contributed by atoms with Crippen LogP contribution in [0.1, 0.15) is 0 Å². The Morgan fingerprint density at radius 1 is 1.56 bits per heavy atom. The lowest BCUT2D eigenvalue weighted by Crippen LogP contribution is -1.98. The van der Waals surface area contributed by atoms with E-state index in [2.05, 4.69) is 10.1 Å². The fraction of sp³-hybridized carbons (Fsp3) is 0.111. The number of nitro groups is 1. The van der Waals surface area contributed by atoms with Gasteiger partial charge in [-0.15, -0.1) is 0 Å². The Balaban J connectivity index is 2.55. The zero-order valence-electron chi connectivity index (χ0n) is 8.49. The van der Waals surface area contributed by atoms with Crippen molar-refractivity contribution in [1.29, 1.82) is 0 Å². The summed E-state index contributed by atoms with van der Waals surface area (Å²) in [4.78, 5) is 13.9. The summed E-state index contributed by atoms with van der Waals surface area (Å²) in [6, 6.07) is 3.09. The number of pyridine rings is 1. The lowest BCUT2D eigenvalue weighted by molar-refractivity contribution is -0.385. The molecule has 0 bridgehead atoms. The minimum atomic E-state index is -0.515. The summed E-state index contributed by atoms with van der Waals surface area (Å²) < 4.78 is 1.59. The molecule has 82 valence electrons. The Morgan fingerprint density at radius 3 is 2.88 bits per heavy atom. The molecular weight excluding hydrogens is 210 g/mol. The van der Waals surface area contributed by atoms with Gasteiger partial charge in [-0.25, -0.2) is 4.98 Å². The number of hydrogen-bond donors (Lipinski definition) is 1. The second-order valence-electron chi connectivity index (χ2n) is 3.26. The molecule has 2 rings (SSSR count). The van der Waals surface area contributed by atoms with Gasteiger partial charge >= 0.3 is 0 Å². The van der Waals surface area contributed by atoms with Crippen molar-refractivity contribution in [1.82, 2.24) is 14.8 Å². The average Bonchev–Trinajstić information content (AvgIpc) is 2.65. The first-order chi connectivity index (χ1) is 7.58. The van der Waals surface area contributed by atoms with Crippen LogP contribution in [0.5, 0.6) is 0 Å². The molecule has 0 aliphatic rings. The maximum Gasteiger partial charge on any atom is 0.288 e. The van der Waals surface area contributed by atoms with Gasteiger partial charge in [0.05, 0.1) is 16.2 Å². The summed E-state index contributed by atoms with van der Waals surface area (Å²) in [6.45, 7) is 0. The summed E-state index contributed by atoms with van der Waals surface area (Å²) >= 11 is 0. The van der Waals surface area contributed by atoms with Gasteiger partial charge in [0.2, 0.25) is 0 Å². The third kappa shape index (κ3) is 1.70. The predicted molar refractivity (Wildman–Crippen MR) is 57.5 cm³/mol. The van der Waals surface area contributed by atoms with E-state index in [1.54, 1.807) is 24.0 Å². The number of rotatable bonds is 2. The molecule has 2 aromatic heterocycles. The maximum absolute atomic E-state index is 10.6. The second kappa shape index (κ2) is 3.61. The molecule has 0 saturated heterocycles. The summed E-state index contributed by atoms with van der Waals surface area (Å²) in [7, 11) is 1.75. The predicted octanol–water partition coefficient (Wildman–Crippen LogP) is 0.972. The number of nitrogen functional groups attached to an aromatic ring is 1. The quantitative estimate of drug-likeness (QED) is 0.599. The molecule has 2 aromatic rings. The number of aromatic nitrogens is 3. The normalized spacial score (nSPS) is 10.3. The first-order valence-electron chi connectivity index (χ1n) is 4.48. The van der Waals surface area contributed by atoms with E-state index in [1.165, 1.54) is 6.07 Å². The van der Waals surface area contributed by atoms with Crippen LogP contribution in [0.4, 0.5) is 11.5 Å². The van der Waals surface area contributed by atoms with E-state index in [0.29, 0.717) is 11.3 Å². The molecule has 7 nitrogen and oxygen atoms in total. The van der Waals surface area contributed by atoms with Crippen molar-refractivity contribution < 1.29 is 4.92 Å². The molecule has 0 saturated carbocycles. The standard InChI is InChI=1S/C9H9N5O2/c1-13-3-2-8(12-13)7-4-6(14(15)16)5-11-9(7)10/h2-5H,1H3,(H2,10,11). The van der Waals surface area contributed by atoms with E-state index in [9.17, 15) is 10.1 Å². The van der Waals surface area contributed by atoms with Crippen LogP contribution < -0.4 is 5.73 Å². The van der Waals surface area contributed by atoms with Gasteiger partial charge in [-0.3, -0.25) is 14.8 Å². The zero-order valence-corrected chi connectivity index (χ0v) is 8.49. The molecule has 7 heteroatoms. The molecule has 0 aromatic carbocycles. The molecule has 0 aliphatic carbocycles. The Kier molecular flexibility index (Phi) is 2.28. The summed E-state index contributed by atoms with van der Waals surface area (Å²) in [5.41, 5.74) is 6.58. The molecule has 0 aliphatic heterocycles. The van der Waals surface area contributed by atoms with Gasteiger partial charge in [-0.1, -0.05) is 0 Å². The molecule has 0 fully saturated rings. The van der Waals surface area contributed by atoms with Crippen molar-refractivity contribution in [3.63, 3.8) is 0 Å². The average molecular weight is 219 g/mol. The zero-order chi connectivity index (χ0) is 11.7. The summed E-state index contributed by atoms with van der Waals surface area (Å²) in [5, 5.41) is 14.7. The van der Waals surface area contributed by atoms with Crippen LogP contribution in [0.15, 0.2) is 24.5 Å². The lowest BCUT2D eigenvalue weighted by atomic mass is 10.2. The highest BCUT2D eigenvalue weighted by atomic mass is 16.6. The second-order valence-corrected chi connectivity index (χ2v) is 3.26. The van der Waals surface area contributed by atoms with Crippen LogP contribution in [0.2, 0.25) is 0 Å². The monoisotopic (exact) mass is 219 g/mol. The maximum atomic E-state index is 10.6. The van der Waals surface area contributed by atoms with Crippen molar-refractivity contribution in [3.8, 4) is 11.3 Å². The molecule has 0 spiro atoms. The highest BCUT2D eigenvalue weighted by Crippen LogP contribution is 2.26. The third-order valence-electron chi connectivity index (χ3n) is 2.10. The molecule has 0 radical (unpaired) electrons. The molecular formula is C9H9N5O2. The Morgan fingerprint density at radius 2 is 2.31 bits per heavy atom. The van der Waals surface area contributed by atoms with Crippen LogP contribution in [-0.4, -0.2) is 19.7 Å². The van der Waals surface area contributed by atoms with Gasteiger partial charge in [-0.05, 0) is 6.07 Å². The van der Waals surface area contributed by atoms with Crippen molar-refractivity contribution in [2.75, 3.05) is 5.73 Å². The van der Waals surface area contributed by atoms with Gasteiger partial charge in [0.1, 0.15) is 12.0 Å². The van der Waals surface area contributed by atoms with E-state index in [1.807, 2.05) is 0 Å². The third-order valence-corrected chi connectivity index (χ3v) is 2.10. The smallest absolute Gasteiger partial charge is 0.288 e. The van der Waals surface area contributed by atoms with Crippen LogP contribution >= 0.6 is 0 Å². The minimum absolute atomic E-state index is 0.102. The molecule has 0 unspecified atom stereocenters. The van der Waals surface area contributed by atoms with Gasteiger partial charge in [-0.2, -0.15) is 5.10 Å². The number of anilines is 1. The molecule has 2 heterocycles. The van der Waals surface area contributed by atoms with Crippen molar-refractivity contribution in [2.45, 2.75) is 0 Å². The number of hydrogen-bond acceptors (Lipinski definition) is 5. The van der Waals surface area contributed by atoms with E-state index in [0.717, 1.165) is 6.20 Å². The number of nitrogens with two attached hydrogens (primary N) is 1. The number of aryl methyl sites for hydroxylation is 1. The van der Waals surface area contributed by atoms with Crippen molar-refractivity contribution >= 4 is 11.5 Å². The lowest BCUT2D eigenvalue weighted by Gasteiger charge is -2.00. The van der Waals surface area contributed by atoms with Crippen molar-refractivity contribution in [3.05, 3.63) is 34.6 Å². The van der Waals surface area contributed by atoms with E-state index in [-0.39, 0.29) is 11.5 Å². The molecule has 16 heavy (non-hydrogen) atoms. The fourth-order valence-electron chi connectivity index (χ4n) is 1.33. The Bertz CT molecular complexity index is 549.